The number of carbonyl (C=O) groups is 2. The lowest BCUT2D eigenvalue weighted by Crippen LogP contribution is -2.09. The van der Waals surface area contributed by atoms with Crippen molar-refractivity contribution in [2.24, 2.45) is 0 Å². The molecule has 2 rings (SSSR count). The van der Waals surface area contributed by atoms with E-state index < -0.39 is 12.1 Å². The van der Waals surface area contributed by atoms with E-state index in [-0.39, 0.29) is 12.2 Å². The van der Waals surface area contributed by atoms with Crippen LogP contribution in [0.25, 0.3) is 0 Å². The lowest BCUT2D eigenvalue weighted by atomic mass is 10.0. The van der Waals surface area contributed by atoms with Crippen LogP contribution in [0.4, 0.5) is 0 Å². The number of ketones is 1. The fourth-order valence-corrected chi connectivity index (χ4v) is 2.90. The Kier molecular flexibility index (Phi) is 9.38. The molecule has 0 bridgehead atoms. The van der Waals surface area contributed by atoms with Crippen LogP contribution >= 0.6 is 0 Å². The molecule has 0 aliphatic rings. The molecular weight excluding hydrogens is 368 g/mol. The van der Waals surface area contributed by atoms with Crippen molar-refractivity contribution < 1.29 is 24.2 Å². The van der Waals surface area contributed by atoms with E-state index >= 15 is 0 Å². The highest BCUT2D eigenvalue weighted by molar-refractivity contribution is 5.91. The Bertz CT molecular complexity index is 765. The maximum Gasteiger partial charge on any atom is 0.343 e. The van der Waals surface area contributed by atoms with Gasteiger partial charge in [-0.05, 0) is 55.3 Å². The highest BCUT2D eigenvalue weighted by Crippen LogP contribution is 2.21. The molecule has 5 nitrogen and oxygen atoms in total. The van der Waals surface area contributed by atoms with Gasteiger partial charge in [0, 0.05) is 6.42 Å². The lowest BCUT2D eigenvalue weighted by Gasteiger charge is -2.10. The maximum atomic E-state index is 12.3. The first-order chi connectivity index (χ1) is 14.0. The van der Waals surface area contributed by atoms with Crippen LogP contribution in [0.5, 0.6) is 11.5 Å². The van der Waals surface area contributed by atoms with E-state index in [0.29, 0.717) is 23.5 Å². The summed E-state index contributed by atoms with van der Waals surface area (Å²) >= 11 is 0. The molecule has 0 aromatic heterocycles. The van der Waals surface area contributed by atoms with Crippen molar-refractivity contribution in [3.05, 3.63) is 59.7 Å². The summed E-state index contributed by atoms with van der Waals surface area (Å²) in [6.45, 7) is 4.30. The van der Waals surface area contributed by atoms with Gasteiger partial charge >= 0.3 is 5.97 Å². The van der Waals surface area contributed by atoms with Gasteiger partial charge in [0.1, 0.15) is 17.3 Å². The van der Waals surface area contributed by atoms with Crippen LogP contribution in [-0.4, -0.2) is 23.5 Å². The molecule has 29 heavy (non-hydrogen) atoms. The van der Waals surface area contributed by atoms with Crippen LogP contribution in [0.15, 0.2) is 48.5 Å². The minimum absolute atomic E-state index is 0.0618. The number of Topliss-reactive ketones (excluding diaryl/α,β-unsaturated/α-hetero) is 1. The van der Waals surface area contributed by atoms with Gasteiger partial charge in [0.2, 0.25) is 0 Å². The molecule has 0 saturated carbocycles. The predicted molar refractivity (Wildman–Crippen MR) is 112 cm³/mol. The number of aliphatic hydroxyl groups is 1. The highest BCUT2D eigenvalue weighted by Gasteiger charge is 2.12. The van der Waals surface area contributed by atoms with Gasteiger partial charge in [-0.15, -0.1) is 0 Å². The molecule has 0 fully saturated rings. The van der Waals surface area contributed by atoms with E-state index in [1.54, 1.807) is 48.5 Å². The first-order valence-corrected chi connectivity index (χ1v) is 10.2. The Labute approximate surface area is 172 Å². The summed E-state index contributed by atoms with van der Waals surface area (Å²) in [7, 11) is 0. The molecule has 0 aliphatic carbocycles. The summed E-state index contributed by atoms with van der Waals surface area (Å²) in [6, 6.07) is 13.4. The third-order valence-electron chi connectivity index (χ3n) is 4.56. The lowest BCUT2D eigenvalue weighted by molar-refractivity contribution is -0.118. The Hall–Kier alpha value is -2.66. The average Bonchev–Trinajstić information content (AvgIpc) is 2.71. The SMILES string of the molecule is CCCCCCCOc1ccc(C(=O)Oc2ccc([C@@H](O)CC(C)=O)cc2)cc1. The van der Waals surface area contributed by atoms with Crippen LogP contribution in [-0.2, 0) is 4.79 Å². The Balaban J connectivity index is 1.82. The first-order valence-electron chi connectivity index (χ1n) is 10.2. The Morgan fingerprint density at radius 2 is 1.52 bits per heavy atom. The number of rotatable bonds is 12. The van der Waals surface area contributed by atoms with Gasteiger partial charge in [-0.2, -0.15) is 0 Å². The molecule has 156 valence electrons. The topological polar surface area (TPSA) is 72.8 Å². The van der Waals surface area contributed by atoms with Gasteiger partial charge in [0.05, 0.1) is 18.3 Å². The summed E-state index contributed by atoms with van der Waals surface area (Å²) in [4.78, 5) is 23.4. The zero-order valence-corrected chi connectivity index (χ0v) is 17.2. The number of unbranched alkanes of at least 4 members (excludes halogenated alkanes) is 4. The zero-order chi connectivity index (χ0) is 21.1. The number of carbonyl (C=O) groups excluding carboxylic acids is 2. The van der Waals surface area contributed by atoms with Crippen molar-refractivity contribution in [1.82, 2.24) is 0 Å². The maximum absolute atomic E-state index is 12.3. The molecule has 0 saturated heterocycles. The van der Waals surface area contributed by atoms with E-state index in [0.717, 1.165) is 12.2 Å². The molecule has 2 aromatic rings. The van der Waals surface area contributed by atoms with E-state index in [4.69, 9.17) is 9.47 Å². The number of esters is 1. The summed E-state index contributed by atoms with van der Waals surface area (Å²) in [5.41, 5.74) is 1.04. The highest BCUT2D eigenvalue weighted by atomic mass is 16.5. The second-order valence-corrected chi connectivity index (χ2v) is 7.17. The second-order valence-electron chi connectivity index (χ2n) is 7.17. The Morgan fingerprint density at radius 3 is 2.14 bits per heavy atom. The minimum Gasteiger partial charge on any atom is -0.494 e. The summed E-state index contributed by atoms with van der Waals surface area (Å²) < 4.78 is 11.1. The van der Waals surface area contributed by atoms with Crippen molar-refractivity contribution >= 4 is 11.8 Å². The van der Waals surface area contributed by atoms with Crippen LogP contribution < -0.4 is 9.47 Å². The van der Waals surface area contributed by atoms with Crippen LogP contribution in [0.2, 0.25) is 0 Å². The van der Waals surface area contributed by atoms with Gasteiger partial charge < -0.3 is 14.6 Å². The standard InChI is InChI=1S/C24H30O5/c1-3-4-5-6-7-16-28-21-12-10-20(11-13-21)24(27)29-22-14-8-19(9-15-22)23(26)17-18(2)25/h8-15,23,26H,3-7,16-17H2,1-2H3/t23-/m0/s1. The van der Waals surface area contributed by atoms with E-state index in [1.165, 1.54) is 32.6 Å². The fraction of sp³-hybridized carbons (Fsp3) is 0.417. The minimum atomic E-state index is -0.851. The van der Waals surface area contributed by atoms with Crippen LogP contribution in [0, 0.1) is 0 Å². The van der Waals surface area contributed by atoms with Gasteiger partial charge in [0.25, 0.3) is 0 Å². The van der Waals surface area contributed by atoms with Crippen molar-refractivity contribution in [1.29, 1.82) is 0 Å². The molecule has 1 atom stereocenters. The summed E-state index contributed by atoms with van der Waals surface area (Å²) in [5, 5.41) is 9.94. The van der Waals surface area contributed by atoms with Crippen molar-refractivity contribution in [3.63, 3.8) is 0 Å². The molecule has 0 aliphatic heterocycles. The van der Waals surface area contributed by atoms with Gasteiger partial charge in [0.15, 0.2) is 0 Å². The number of ether oxygens (including phenoxy) is 2. The molecule has 0 unspecified atom stereocenters. The zero-order valence-electron chi connectivity index (χ0n) is 17.2. The van der Waals surface area contributed by atoms with Crippen molar-refractivity contribution in [3.8, 4) is 11.5 Å². The number of benzene rings is 2. The van der Waals surface area contributed by atoms with Crippen LogP contribution in [0.1, 0.15) is 74.4 Å². The Morgan fingerprint density at radius 1 is 0.897 bits per heavy atom. The number of hydrogen-bond donors (Lipinski definition) is 1. The smallest absolute Gasteiger partial charge is 0.343 e. The van der Waals surface area contributed by atoms with Crippen molar-refractivity contribution in [2.75, 3.05) is 6.61 Å². The predicted octanol–water partition coefficient (Wildman–Crippen LogP) is 5.27. The summed E-state index contributed by atoms with van der Waals surface area (Å²) in [5.74, 6) is 0.562. The molecule has 0 amide bonds. The molecule has 0 spiro atoms. The molecule has 1 N–H and O–H groups in total. The molecular formula is C24H30O5. The normalized spacial score (nSPS) is 11.7. The number of aliphatic hydroxyl groups excluding tert-OH is 1. The van der Waals surface area contributed by atoms with E-state index in [9.17, 15) is 14.7 Å². The molecule has 5 heteroatoms. The van der Waals surface area contributed by atoms with Gasteiger partial charge in [-0.1, -0.05) is 44.7 Å². The van der Waals surface area contributed by atoms with Crippen molar-refractivity contribution in [2.45, 2.75) is 58.5 Å². The second kappa shape index (κ2) is 12.0. The third-order valence-corrected chi connectivity index (χ3v) is 4.56. The van der Waals surface area contributed by atoms with Crippen LogP contribution in [0.3, 0.4) is 0 Å². The number of hydrogen-bond acceptors (Lipinski definition) is 5. The van der Waals surface area contributed by atoms with E-state index in [1.807, 2.05) is 0 Å². The third kappa shape index (κ3) is 8.08. The van der Waals surface area contributed by atoms with E-state index in [2.05, 4.69) is 6.92 Å². The summed E-state index contributed by atoms with van der Waals surface area (Å²) in [6.07, 6.45) is 5.14. The molecule has 2 aromatic carbocycles. The fourth-order valence-electron chi connectivity index (χ4n) is 2.90. The molecule has 0 radical (unpaired) electrons. The average molecular weight is 398 g/mol. The van der Waals surface area contributed by atoms with Gasteiger partial charge in [-0.25, -0.2) is 4.79 Å². The monoisotopic (exact) mass is 398 g/mol. The van der Waals surface area contributed by atoms with Gasteiger partial charge in [-0.3, -0.25) is 4.79 Å². The largest absolute Gasteiger partial charge is 0.494 e. The molecule has 0 heterocycles. The quantitative estimate of drug-likeness (QED) is 0.300. The first kappa shape index (κ1) is 22.6.